The van der Waals surface area contributed by atoms with Crippen LogP contribution in [-0.4, -0.2) is 23.4 Å². The van der Waals surface area contributed by atoms with E-state index in [1.165, 1.54) is 0 Å². The van der Waals surface area contributed by atoms with Crippen molar-refractivity contribution in [3.63, 3.8) is 0 Å². The van der Waals surface area contributed by atoms with Crippen molar-refractivity contribution in [2.75, 3.05) is 13.2 Å². The van der Waals surface area contributed by atoms with Crippen LogP contribution in [0.25, 0.3) is 0 Å². The van der Waals surface area contributed by atoms with E-state index in [9.17, 15) is 0 Å². The molecule has 2 aromatic rings. The van der Waals surface area contributed by atoms with Gasteiger partial charge < -0.3 is 21.7 Å². The number of benzene rings is 2. The third-order valence-electron chi connectivity index (χ3n) is 2.85. The molecule has 0 fully saturated rings. The maximum absolute atomic E-state index is 8.66. The van der Waals surface area contributed by atoms with Gasteiger partial charge in [-0.15, -0.1) is 0 Å². The van der Waals surface area contributed by atoms with Crippen LogP contribution >= 0.6 is 0 Å². The zero-order valence-electron chi connectivity index (χ0n) is 12.1. The number of aliphatic hydroxyl groups excluding tert-OH is 2. The van der Waals surface area contributed by atoms with Gasteiger partial charge in [0.05, 0.1) is 25.3 Å². The molecule has 2 atom stereocenters. The minimum Gasteiger partial charge on any atom is -0.394 e. The zero-order chi connectivity index (χ0) is 14.8. The molecule has 0 saturated carbocycles. The normalized spacial score (nSPS) is 12.4. The molecule has 0 aliphatic carbocycles. The summed E-state index contributed by atoms with van der Waals surface area (Å²) in [6.07, 6.45) is 0. The van der Waals surface area contributed by atoms with Crippen LogP contribution in [0.1, 0.15) is 23.2 Å². The van der Waals surface area contributed by atoms with E-state index < -0.39 is 0 Å². The molecular formula is C16H22N2O2Zn. The summed E-state index contributed by atoms with van der Waals surface area (Å²) in [7, 11) is 0. The van der Waals surface area contributed by atoms with E-state index in [0.29, 0.717) is 0 Å². The molecule has 0 radical (unpaired) electrons. The van der Waals surface area contributed by atoms with Crippen LogP contribution < -0.4 is 11.5 Å². The molecule has 0 saturated heterocycles. The van der Waals surface area contributed by atoms with Crippen LogP contribution in [-0.2, 0) is 19.5 Å². The first-order valence-corrected chi connectivity index (χ1v) is 6.51. The number of hydrogen-bond donors (Lipinski definition) is 4. The summed E-state index contributed by atoms with van der Waals surface area (Å²) in [6.45, 7) is 0.00796. The van der Waals surface area contributed by atoms with Crippen molar-refractivity contribution in [2.24, 2.45) is 11.5 Å². The molecule has 4 nitrogen and oxygen atoms in total. The Morgan fingerprint density at radius 2 is 0.952 bits per heavy atom. The second kappa shape index (κ2) is 11.6. The van der Waals surface area contributed by atoms with Gasteiger partial charge in [-0.1, -0.05) is 60.7 Å². The van der Waals surface area contributed by atoms with Gasteiger partial charge in [0.15, 0.2) is 0 Å². The molecule has 0 aromatic heterocycles. The Labute approximate surface area is 138 Å². The van der Waals surface area contributed by atoms with Crippen molar-refractivity contribution < 1.29 is 29.7 Å². The molecule has 0 unspecified atom stereocenters. The fraction of sp³-hybridized carbons (Fsp3) is 0.250. The smallest absolute Gasteiger partial charge is 0.0624 e. The number of aliphatic hydroxyl groups is 2. The Hall–Kier alpha value is -1.10. The van der Waals surface area contributed by atoms with Crippen LogP contribution in [0.2, 0.25) is 0 Å². The van der Waals surface area contributed by atoms with Gasteiger partial charge in [-0.2, -0.15) is 0 Å². The van der Waals surface area contributed by atoms with E-state index >= 15 is 0 Å². The summed E-state index contributed by atoms with van der Waals surface area (Å²) in [5.74, 6) is 0. The number of hydrogen-bond acceptors (Lipinski definition) is 4. The minimum absolute atomic E-state index is 0. The Kier molecular flexibility index (Phi) is 10.9. The summed E-state index contributed by atoms with van der Waals surface area (Å²) in [5.41, 5.74) is 13.0. The van der Waals surface area contributed by atoms with Crippen LogP contribution in [0.3, 0.4) is 0 Å². The largest absolute Gasteiger partial charge is 0.394 e. The molecule has 0 spiro atoms. The monoisotopic (exact) mass is 338 g/mol. The molecule has 0 bridgehead atoms. The molecule has 2 aromatic carbocycles. The molecule has 0 amide bonds. The van der Waals surface area contributed by atoms with Crippen molar-refractivity contribution in [3.05, 3.63) is 71.8 Å². The molecule has 0 aliphatic heterocycles. The zero-order valence-corrected chi connectivity index (χ0v) is 15.1. The molecule has 21 heavy (non-hydrogen) atoms. The summed E-state index contributed by atoms with van der Waals surface area (Å²) < 4.78 is 0. The van der Waals surface area contributed by atoms with Crippen molar-refractivity contribution in [3.8, 4) is 0 Å². The van der Waals surface area contributed by atoms with Crippen LogP contribution in [0, 0.1) is 0 Å². The topological polar surface area (TPSA) is 92.5 Å². The molecule has 5 heteroatoms. The second-order valence-electron chi connectivity index (χ2n) is 4.40. The van der Waals surface area contributed by atoms with Gasteiger partial charge in [-0.25, -0.2) is 0 Å². The maximum atomic E-state index is 8.66. The molecule has 110 valence electrons. The van der Waals surface area contributed by atoms with Gasteiger partial charge in [-0.05, 0) is 11.1 Å². The number of rotatable bonds is 4. The van der Waals surface area contributed by atoms with Crippen molar-refractivity contribution >= 4 is 0 Å². The van der Waals surface area contributed by atoms with E-state index in [2.05, 4.69) is 0 Å². The van der Waals surface area contributed by atoms with E-state index in [0.717, 1.165) is 11.1 Å². The summed E-state index contributed by atoms with van der Waals surface area (Å²) >= 11 is 0. The van der Waals surface area contributed by atoms with Gasteiger partial charge in [-0.3, -0.25) is 0 Å². The minimum atomic E-state index is -0.235. The molecule has 0 heterocycles. The fourth-order valence-corrected chi connectivity index (χ4v) is 1.61. The average molecular weight is 340 g/mol. The van der Waals surface area contributed by atoms with E-state index in [4.69, 9.17) is 21.7 Å². The second-order valence-corrected chi connectivity index (χ2v) is 4.40. The Morgan fingerprint density at radius 1 is 0.667 bits per heavy atom. The SMILES string of the molecule is N[C@H](CO)c1ccccc1.N[C@H](CO)c1ccccc1.[Zn]. The van der Waals surface area contributed by atoms with E-state index in [1.807, 2.05) is 60.7 Å². The third-order valence-corrected chi connectivity index (χ3v) is 2.85. The van der Waals surface area contributed by atoms with Gasteiger partial charge in [0.25, 0.3) is 0 Å². The van der Waals surface area contributed by atoms with Crippen LogP contribution in [0.15, 0.2) is 60.7 Å². The van der Waals surface area contributed by atoms with Gasteiger partial charge in [0, 0.05) is 19.5 Å². The molecular weight excluding hydrogens is 318 g/mol. The third kappa shape index (κ3) is 7.46. The molecule has 0 aliphatic rings. The van der Waals surface area contributed by atoms with Crippen LogP contribution in [0.4, 0.5) is 0 Å². The van der Waals surface area contributed by atoms with E-state index in [1.54, 1.807) is 0 Å². The predicted molar refractivity (Wildman–Crippen MR) is 80.9 cm³/mol. The van der Waals surface area contributed by atoms with Gasteiger partial charge in [0.2, 0.25) is 0 Å². The van der Waals surface area contributed by atoms with Crippen molar-refractivity contribution in [1.82, 2.24) is 0 Å². The predicted octanol–water partition coefficient (Wildman–Crippen LogP) is 1.35. The van der Waals surface area contributed by atoms with Crippen LogP contribution in [0.5, 0.6) is 0 Å². The quantitative estimate of drug-likeness (QED) is 0.633. The van der Waals surface area contributed by atoms with E-state index in [-0.39, 0.29) is 44.8 Å². The van der Waals surface area contributed by atoms with Crippen molar-refractivity contribution in [2.45, 2.75) is 12.1 Å². The molecule has 2 rings (SSSR count). The average Bonchev–Trinajstić information content (AvgIpc) is 2.55. The fourth-order valence-electron chi connectivity index (χ4n) is 1.61. The van der Waals surface area contributed by atoms with Gasteiger partial charge in [0.1, 0.15) is 0 Å². The summed E-state index contributed by atoms with van der Waals surface area (Å²) in [6, 6.07) is 18.6. The number of nitrogens with two attached hydrogens (primary N) is 2. The first-order chi connectivity index (χ1) is 9.69. The maximum Gasteiger partial charge on any atom is 0.0624 e. The Bertz CT molecular complexity index is 423. The first kappa shape index (κ1) is 19.9. The van der Waals surface area contributed by atoms with Gasteiger partial charge >= 0.3 is 0 Å². The standard InChI is InChI=1S/2C8H11NO.Zn/c2*9-8(6-10)7-4-2-1-3-5-7;/h2*1-5,8,10H,6,9H2;/t2*8-;/m11./s1. The van der Waals surface area contributed by atoms with Crippen molar-refractivity contribution in [1.29, 1.82) is 0 Å². The first-order valence-electron chi connectivity index (χ1n) is 6.51. The molecule has 6 N–H and O–H groups in total. The summed E-state index contributed by atoms with van der Waals surface area (Å²) in [5, 5.41) is 17.3. The Balaban J connectivity index is 0.000000364. The Morgan fingerprint density at radius 3 is 1.19 bits per heavy atom. The summed E-state index contributed by atoms with van der Waals surface area (Å²) in [4.78, 5) is 0.